The summed E-state index contributed by atoms with van der Waals surface area (Å²) in [6.45, 7) is 3.65. The quantitative estimate of drug-likeness (QED) is 0.639. The molecule has 2 aromatic heterocycles. The molecule has 3 heterocycles. The van der Waals surface area contributed by atoms with Gasteiger partial charge < -0.3 is 9.15 Å². The first-order valence-corrected chi connectivity index (χ1v) is 9.31. The van der Waals surface area contributed by atoms with E-state index in [1.54, 1.807) is 30.6 Å². The second-order valence-corrected chi connectivity index (χ2v) is 7.43. The number of pyridine rings is 1. The van der Waals surface area contributed by atoms with E-state index in [-0.39, 0.29) is 16.8 Å². The Balaban J connectivity index is 1.74. The van der Waals surface area contributed by atoms with E-state index in [0.29, 0.717) is 27.9 Å². The van der Waals surface area contributed by atoms with Gasteiger partial charge in [0, 0.05) is 29.4 Å². The third kappa shape index (κ3) is 3.50. The Bertz CT molecular complexity index is 1140. The van der Waals surface area contributed by atoms with E-state index in [1.807, 2.05) is 13.8 Å². The molecule has 0 spiro atoms. The van der Waals surface area contributed by atoms with Crippen LogP contribution in [-0.2, 0) is 4.79 Å². The molecule has 4 rings (SSSR count). The highest BCUT2D eigenvalue weighted by molar-refractivity contribution is 8.18. The summed E-state index contributed by atoms with van der Waals surface area (Å²) in [4.78, 5) is 27.4. The van der Waals surface area contributed by atoms with Gasteiger partial charge in [-0.3, -0.25) is 19.9 Å². The van der Waals surface area contributed by atoms with Gasteiger partial charge in [-0.1, -0.05) is 6.07 Å². The van der Waals surface area contributed by atoms with Crippen LogP contribution in [-0.4, -0.2) is 22.2 Å². The normalized spacial score (nSPS) is 15.6. The van der Waals surface area contributed by atoms with Crippen molar-refractivity contribution in [2.24, 2.45) is 0 Å². The average molecular weight is 398 g/mol. The van der Waals surface area contributed by atoms with Crippen LogP contribution in [0, 0.1) is 5.82 Å². The third-order valence-corrected chi connectivity index (χ3v) is 4.77. The lowest BCUT2D eigenvalue weighted by Gasteiger charge is -2.11. The van der Waals surface area contributed by atoms with Crippen LogP contribution in [0.15, 0.2) is 46.0 Å². The number of nitrogens with one attached hydrogen (secondary N) is 1. The molecule has 0 unspecified atom stereocenters. The predicted molar refractivity (Wildman–Crippen MR) is 104 cm³/mol. The van der Waals surface area contributed by atoms with Gasteiger partial charge in [-0.15, -0.1) is 0 Å². The number of hydrogen-bond donors (Lipinski definition) is 1. The number of carbonyl (C=O) groups excluding carboxylic acids is 2. The molecule has 1 aromatic carbocycles. The Morgan fingerprint density at radius 1 is 1.25 bits per heavy atom. The zero-order chi connectivity index (χ0) is 19.8. The Hall–Kier alpha value is -3.13. The van der Waals surface area contributed by atoms with Crippen molar-refractivity contribution in [1.82, 2.24) is 10.3 Å². The van der Waals surface area contributed by atoms with Crippen molar-refractivity contribution in [3.05, 3.63) is 53.1 Å². The van der Waals surface area contributed by atoms with Crippen LogP contribution >= 0.6 is 11.8 Å². The van der Waals surface area contributed by atoms with Gasteiger partial charge in [-0.2, -0.15) is 0 Å². The summed E-state index contributed by atoms with van der Waals surface area (Å²) in [6, 6.07) is 6.38. The van der Waals surface area contributed by atoms with Crippen molar-refractivity contribution in [2.45, 2.75) is 20.0 Å². The molecular formula is C20H15FN2O4S. The van der Waals surface area contributed by atoms with Crippen molar-refractivity contribution in [3.8, 4) is 16.9 Å². The highest BCUT2D eigenvalue weighted by atomic mass is 32.2. The lowest BCUT2D eigenvalue weighted by molar-refractivity contribution is -0.115. The van der Waals surface area contributed by atoms with Gasteiger partial charge in [0.15, 0.2) is 11.6 Å². The molecule has 0 atom stereocenters. The van der Waals surface area contributed by atoms with Crippen molar-refractivity contribution in [1.29, 1.82) is 0 Å². The summed E-state index contributed by atoms with van der Waals surface area (Å²) < 4.78 is 25.7. The number of benzene rings is 1. The van der Waals surface area contributed by atoms with E-state index in [1.165, 1.54) is 12.1 Å². The molecule has 1 N–H and O–H groups in total. The number of rotatable bonds is 4. The molecule has 142 valence electrons. The minimum absolute atomic E-state index is 0.136. The van der Waals surface area contributed by atoms with Crippen LogP contribution in [0.1, 0.15) is 19.6 Å². The van der Waals surface area contributed by atoms with Gasteiger partial charge in [-0.05, 0) is 49.4 Å². The lowest BCUT2D eigenvalue weighted by Crippen LogP contribution is -2.17. The number of fused-ring (bicyclic) bond motifs is 1. The Labute approximate surface area is 163 Å². The molecular weight excluding hydrogens is 383 g/mol. The fourth-order valence-electron chi connectivity index (χ4n) is 2.83. The van der Waals surface area contributed by atoms with Gasteiger partial charge in [0.25, 0.3) is 11.1 Å². The van der Waals surface area contributed by atoms with E-state index in [9.17, 15) is 14.0 Å². The maximum atomic E-state index is 14.4. The molecule has 3 aromatic rings. The van der Waals surface area contributed by atoms with Gasteiger partial charge >= 0.3 is 0 Å². The van der Waals surface area contributed by atoms with Crippen LogP contribution in [0.2, 0.25) is 0 Å². The Kier molecular flexibility index (Phi) is 4.64. The average Bonchev–Trinajstić information content (AvgIpc) is 3.18. The number of furan rings is 1. The first kappa shape index (κ1) is 18.2. The fraction of sp³-hybridized carbons (Fsp3) is 0.150. The largest absolute Gasteiger partial charge is 0.488 e. The number of carbonyl (C=O) groups is 2. The monoisotopic (exact) mass is 398 g/mol. The molecule has 1 aliphatic rings. The van der Waals surface area contributed by atoms with Gasteiger partial charge in [0.1, 0.15) is 11.3 Å². The van der Waals surface area contributed by atoms with E-state index >= 15 is 0 Å². The molecule has 1 saturated heterocycles. The summed E-state index contributed by atoms with van der Waals surface area (Å²) in [7, 11) is 0. The molecule has 0 bridgehead atoms. The third-order valence-electron chi connectivity index (χ3n) is 3.96. The number of ether oxygens (including phenoxy) is 1. The number of amides is 2. The molecule has 6 nitrogen and oxygen atoms in total. The summed E-state index contributed by atoms with van der Waals surface area (Å²) in [5, 5.41) is 2.47. The van der Waals surface area contributed by atoms with Crippen molar-refractivity contribution in [3.63, 3.8) is 0 Å². The summed E-state index contributed by atoms with van der Waals surface area (Å²) in [6.07, 6.45) is 4.56. The molecule has 0 radical (unpaired) electrons. The zero-order valence-corrected chi connectivity index (χ0v) is 15.8. The number of aromatic nitrogens is 1. The molecule has 28 heavy (non-hydrogen) atoms. The second kappa shape index (κ2) is 7.12. The van der Waals surface area contributed by atoms with Crippen molar-refractivity contribution in [2.75, 3.05) is 0 Å². The smallest absolute Gasteiger partial charge is 0.290 e. The predicted octanol–water partition coefficient (Wildman–Crippen LogP) is 4.75. The fourth-order valence-corrected chi connectivity index (χ4v) is 3.49. The molecule has 8 heteroatoms. The van der Waals surface area contributed by atoms with Gasteiger partial charge in [0.05, 0.1) is 11.0 Å². The number of halogens is 1. The number of thioether (sulfide) groups is 1. The van der Waals surface area contributed by atoms with E-state index in [0.717, 1.165) is 11.8 Å². The van der Waals surface area contributed by atoms with Crippen molar-refractivity contribution >= 4 is 40.0 Å². The number of nitrogens with zero attached hydrogens (tertiary/aromatic N) is 1. The first-order valence-electron chi connectivity index (χ1n) is 8.49. The minimum Gasteiger partial charge on any atom is -0.488 e. The highest BCUT2D eigenvalue weighted by Crippen LogP contribution is 2.34. The molecule has 2 amide bonds. The standard InChI is InChI=1S/C20H15FN2O4S/c1-10(2)26-16-4-3-11(6-15(16)21)14-9-22-8-12-5-13(27-18(12)14)7-17-19(24)23-20(25)28-17/h3-10H,1-2H3,(H,23,24,25)/b17-7-. The van der Waals surface area contributed by atoms with E-state index < -0.39 is 17.0 Å². The number of hydrogen-bond acceptors (Lipinski definition) is 6. The van der Waals surface area contributed by atoms with Crippen LogP contribution in [0.3, 0.4) is 0 Å². The maximum Gasteiger partial charge on any atom is 0.290 e. The van der Waals surface area contributed by atoms with Gasteiger partial charge in [-0.25, -0.2) is 4.39 Å². The van der Waals surface area contributed by atoms with Crippen LogP contribution in [0.4, 0.5) is 9.18 Å². The first-order chi connectivity index (χ1) is 13.4. The molecule has 1 aliphatic heterocycles. The topological polar surface area (TPSA) is 81.4 Å². The zero-order valence-electron chi connectivity index (χ0n) is 15.0. The highest BCUT2D eigenvalue weighted by Gasteiger charge is 2.25. The van der Waals surface area contributed by atoms with Crippen LogP contribution < -0.4 is 10.1 Å². The van der Waals surface area contributed by atoms with Crippen LogP contribution in [0.5, 0.6) is 5.75 Å². The van der Waals surface area contributed by atoms with E-state index in [4.69, 9.17) is 9.15 Å². The summed E-state index contributed by atoms with van der Waals surface area (Å²) >= 11 is 0.810. The maximum absolute atomic E-state index is 14.4. The SMILES string of the molecule is CC(C)Oc1ccc(-c2cncc3cc(/C=C4\SC(=O)NC4=O)oc23)cc1F. The summed E-state index contributed by atoms with van der Waals surface area (Å²) in [5.41, 5.74) is 1.70. The van der Waals surface area contributed by atoms with E-state index in [2.05, 4.69) is 10.3 Å². The van der Waals surface area contributed by atoms with Crippen molar-refractivity contribution < 1.29 is 23.1 Å². The molecule has 0 aliphatic carbocycles. The molecule has 0 saturated carbocycles. The second-order valence-electron chi connectivity index (χ2n) is 6.42. The van der Waals surface area contributed by atoms with Crippen LogP contribution in [0.25, 0.3) is 28.2 Å². The minimum atomic E-state index is -0.477. The van der Waals surface area contributed by atoms with Gasteiger partial charge in [0.2, 0.25) is 0 Å². The molecule has 1 fully saturated rings. The lowest BCUT2D eigenvalue weighted by atomic mass is 10.1. The number of imide groups is 1. The Morgan fingerprint density at radius 2 is 2.07 bits per heavy atom. The summed E-state index contributed by atoms with van der Waals surface area (Å²) in [5.74, 6) is -0.360. The Morgan fingerprint density at radius 3 is 2.75 bits per heavy atom.